The van der Waals surface area contributed by atoms with Crippen LogP contribution in [0, 0.1) is 13.8 Å². The predicted molar refractivity (Wildman–Crippen MR) is 52.1 cm³/mol. The van der Waals surface area contributed by atoms with Gasteiger partial charge in [0.1, 0.15) is 0 Å². The Hall–Kier alpha value is -1.23. The van der Waals surface area contributed by atoms with Crippen molar-refractivity contribution in [2.45, 2.75) is 13.8 Å². The smallest absolute Gasteiger partial charge is 0.266 e. The maximum Gasteiger partial charge on any atom is 0.288 e. The summed E-state index contributed by atoms with van der Waals surface area (Å²) in [5.41, 5.74) is 2.13. The van der Waals surface area contributed by atoms with Crippen molar-refractivity contribution in [1.82, 2.24) is 13.9 Å². The lowest BCUT2D eigenvalue weighted by Gasteiger charge is -1.94. The maximum atomic E-state index is 11.5. The standard InChI is InChI=1S/C8H9N3OS/c1-4-5(2)10-7-6(9-4)8(12)11(3)13-7/h1-3H3. The number of fused-ring (bicyclic) bond motifs is 1. The van der Waals surface area contributed by atoms with Crippen LogP contribution in [0.2, 0.25) is 0 Å². The van der Waals surface area contributed by atoms with E-state index in [0.29, 0.717) is 5.52 Å². The van der Waals surface area contributed by atoms with Gasteiger partial charge in [-0.25, -0.2) is 9.97 Å². The van der Waals surface area contributed by atoms with E-state index in [-0.39, 0.29) is 5.56 Å². The van der Waals surface area contributed by atoms with E-state index >= 15 is 0 Å². The second kappa shape index (κ2) is 2.63. The van der Waals surface area contributed by atoms with Crippen molar-refractivity contribution in [3.63, 3.8) is 0 Å². The molecule has 13 heavy (non-hydrogen) atoms. The van der Waals surface area contributed by atoms with Gasteiger partial charge in [0.05, 0.1) is 11.4 Å². The van der Waals surface area contributed by atoms with Crippen LogP contribution >= 0.6 is 11.5 Å². The molecule has 0 aromatic carbocycles. The zero-order chi connectivity index (χ0) is 9.59. The Balaban J connectivity index is 2.97. The van der Waals surface area contributed by atoms with Gasteiger partial charge in [0, 0.05) is 7.05 Å². The predicted octanol–water partition coefficient (Wildman–Crippen LogP) is 1.01. The van der Waals surface area contributed by atoms with Crippen LogP contribution in [0.15, 0.2) is 4.79 Å². The molecule has 2 aromatic heterocycles. The third kappa shape index (κ3) is 1.16. The third-order valence-corrected chi connectivity index (χ3v) is 2.88. The van der Waals surface area contributed by atoms with E-state index in [2.05, 4.69) is 9.97 Å². The second-order valence-electron chi connectivity index (χ2n) is 2.94. The Bertz CT molecular complexity index is 526. The highest BCUT2D eigenvalue weighted by Gasteiger charge is 2.09. The molecule has 0 amide bonds. The van der Waals surface area contributed by atoms with E-state index in [1.165, 1.54) is 11.5 Å². The van der Waals surface area contributed by atoms with Gasteiger partial charge in [-0.1, -0.05) is 0 Å². The Morgan fingerprint density at radius 1 is 1.23 bits per heavy atom. The zero-order valence-corrected chi connectivity index (χ0v) is 8.47. The molecule has 0 aliphatic heterocycles. The van der Waals surface area contributed by atoms with Gasteiger partial charge < -0.3 is 0 Å². The molecule has 2 heterocycles. The van der Waals surface area contributed by atoms with Gasteiger partial charge in [-0.15, -0.1) is 0 Å². The molecule has 0 saturated heterocycles. The van der Waals surface area contributed by atoms with E-state index in [4.69, 9.17) is 0 Å². The number of hydrogen-bond acceptors (Lipinski definition) is 4. The molecule has 0 aliphatic rings. The first-order valence-electron chi connectivity index (χ1n) is 3.91. The minimum absolute atomic E-state index is 0.0596. The summed E-state index contributed by atoms with van der Waals surface area (Å²) in [7, 11) is 1.72. The summed E-state index contributed by atoms with van der Waals surface area (Å²) < 4.78 is 1.55. The molecule has 2 aromatic rings. The van der Waals surface area contributed by atoms with Gasteiger partial charge in [-0.05, 0) is 25.4 Å². The lowest BCUT2D eigenvalue weighted by molar-refractivity contribution is 0.981. The Kier molecular flexibility index (Phi) is 1.69. The van der Waals surface area contributed by atoms with Crippen LogP contribution in [-0.4, -0.2) is 13.9 Å². The van der Waals surface area contributed by atoms with Crippen LogP contribution in [0.1, 0.15) is 11.4 Å². The fraction of sp³-hybridized carbons (Fsp3) is 0.375. The first-order chi connectivity index (χ1) is 6.09. The van der Waals surface area contributed by atoms with E-state index in [9.17, 15) is 4.79 Å². The molecule has 0 spiro atoms. The lowest BCUT2D eigenvalue weighted by Crippen LogP contribution is -2.09. The molecule has 5 heteroatoms. The molecule has 0 aliphatic carbocycles. The van der Waals surface area contributed by atoms with Gasteiger partial charge >= 0.3 is 0 Å². The minimum atomic E-state index is -0.0596. The Morgan fingerprint density at radius 2 is 1.85 bits per heavy atom. The van der Waals surface area contributed by atoms with Crippen LogP contribution < -0.4 is 5.56 Å². The van der Waals surface area contributed by atoms with Crippen molar-refractivity contribution in [3.8, 4) is 0 Å². The highest BCUT2D eigenvalue weighted by atomic mass is 32.1. The number of rotatable bonds is 0. The molecule has 0 fully saturated rings. The number of nitrogens with zero attached hydrogens (tertiary/aromatic N) is 3. The maximum absolute atomic E-state index is 11.5. The van der Waals surface area contributed by atoms with E-state index < -0.39 is 0 Å². The summed E-state index contributed by atoms with van der Waals surface area (Å²) >= 11 is 1.33. The normalized spacial score (nSPS) is 11.0. The SMILES string of the molecule is Cc1nc2sn(C)c(=O)c2nc1C. The van der Waals surface area contributed by atoms with E-state index in [1.807, 2.05) is 13.8 Å². The number of hydrogen-bond donors (Lipinski definition) is 0. The van der Waals surface area contributed by atoms with Crippen LogP contribution in [0.25, 0.3) is 10.3 Å². The zero-order valence-electron chi connectivity index (χ0n) is 7.66. The quantitative estimate of drug-likeness (QED) is 0.630. The third-order valence-electron chi connectivity index (χ3n) is 1.99. The first-order valence-corrected chi connectivity index (χ1v) is 4.68. The largest absolute Gasteiger partial charge is 0.288 e. The summed E-state index contributed by atoms with van der Waals surface area (Å²) in [6.07, 6.45) is 0. The van der Waals surface area contributed by atoms with Gasteiger partial charge in [-0.2, -0.15) is 0 Å². The van der Waals surface area contributed by atoms with Gasteiger partial charge in [0.15, 0.2) is 10.3 Å². The minimum Gasteiger partial charge on any atom is -0.266 e. The summed E-state index contributed by atoms with van der Waals surface area (Å²) in [4.78, 5) is 20.7. The fourth-order valence-electron chi connectivity index (χ4n) is 1.11. The molecule has 0 radical (unpaired) electrons. The Morgan fingerprint density at radius 3 is 2.54 bits per heavy atom. The van der Waals surface area contributed by atoms with Crippen LogP contribution in [0.5, 0.6) is 0 Å². The highest BCUT2D eigenvalue weighted by molar-refractivity contribution is 7.13. The number of aryl methyl sites for hydroxylation is 3. The highest BCUT2D eigenvalue weighted by Crippen LogP contribution is 2.12. The van der Waals surface area contributed by atoms with Crippen molar-refractivity contribution in [2.75, 3.05) is 0 Å². The van der Waals surface area contributed by atoms with Crippen molar-refractivity contribution < 1.29 is 0 Å². The Labute approximate surface area is 79.0 Å². The average molecular weight is 195 g/mol. The molecule has 2 rings (SSSR count). The average Bonchev–Trinajstić information content (AvgIpc) is 2.32. The van der Waals surface area contributed by atoms with Gasteiger partial charge in [-0.3, -0.25) is 8.75 Å². The molecule has 0 N–H and O–H groups in total. The lowest BCUT2D eigenvalue weighted by atomic mass is 10.3. The van der Waals surface area contributed by atoms with Gasteiger partial charge in [0.25, 0.3) is 5.56 Å². The van der Waals surface area contributed by atoms with Crippen molar-refractivity contribution >= 4 is 21.9 Å². The molecule has 4 nitrogen and oxygen atoms in total. The molecule has 0 saturated carbocycles. The number of aromatic nitrogens is 3. The molecule has 0 unspecified atom stereocenters. The summed E-state index contributed by atoms with van der Waals surface area (Å²) in [6, 6.07) is 0. The van der Waals surface area contributed by atoms with Crippen molar-refractivity contribution in [3.05, 3.63) is 21.7 Å². The topological polar surface area (TPSA) is 47.8 Å². The fourth-order valence-corrected chi connectivity index (χ4v) is 1.93. The van der Waals surface area contributed by atoms with Gasteiger partial charge in [0.2, 0.25) is 0 Å². The van der Waals surface area contributed by atoms with Crippen LogP contribution in [0.4, 0.5) is 0 Å². The molecular formula is C8H9N3OS. The summed E-state index contributed by atoms with van der Waals surface area (Å²) in [6.45, 7) is 3.75. The van der Waals surface area contributed by atoms with Crippen molar-refractivity contribution in [1.29, 1.82) is 0 Å². The van der Waals surface area contributed by atoms with E-state index in [0.717, 1.165) is 16.2 Å². The summed E-state index contributed by atoms with van der Waals surface area (Å²) in [5.74, 6) is 0. The van der Waals surface area contributed by atoms with E-state index in [1.54, 1.807) is 11.0 Å². The first kappa shape index (κ1) is 8.37. The van der Waals surface area contributed by atoms with Crippen molar-refractivity contribution in [2.24, 2.45) is 7.05 Å². The molecule has 0 atom stereocenters. The molecular weight excluding hydrogens is 186 g/mol. The summed E-state index contributed by atoms with van der Waals surface area (Å²) in [5, 5.41) is 0. The molecule has 68 valence electrons. The van der Waals surface area contributed by atoms with Crippen LogP contribution in [0.3, 0.4) is 0 Å². The molecule has 0 bridgehead atoms. The second-order valence-corrected chi connectivity index (χ2v) is 4.06. The monoisotopic (exact) mass is 195 g/mol. The van der Waals surface area contributed by atoms with Crippen LogP contribution in [-0.2, 0) is 7.05 Å².